The normalized spacial score (nSPS) is 16.0. The summed E-state index contributed by atoms with van der Waals surface area (Å²) in [7, 11) is 1.64. The van der Waals surface area contributed by atoms with Gasteiger partial charge in [0.05, 0.1) is 17.6 Å². The number of methoxy groups -OCH3 is 1. The van der Waals surface area contributed by atoms with E-state index in [-0.39, 0.29) is 17.5 Å². The zero-order valence-electron chi connectivity index (χ0n) is 25.0. The number of fused-ring (bicyclic) bond motifs is 1. The van der Waals surface area contributed by atoms with Crippen LogP contribution in [0.5, 0.6) is 0 Å². The zero-order valence-corrected chi connectivity index (χ0v) is 25.7. The summed E-state index contributed by atoms with van der Waals surface area (Å²) in [5.41, 5.74) is 1.93. The van der Waals surface area contributed by atoms with Crippen LogP contribution in [0.25, 0.3) is 10.8 Å². The maximum atomic E-state index is 13.3. The number of carboxylic acid groups (broad SMARTS) is 2. The second-order valence-corrected chi connectivity index (χ2v) is 11.1. The number of carbonyl (C=O) groups excluding carboxylic acids is 1. The van der Waals surface area contributed by atoms with Crippen molar-refractivity contribution in [2.75, 3.05) is 33.4 Å². The number of hydrogen-bond donors (Lipinski definition) is 5. The maximum Gasteiger partial charge on any atom is 0.335 e. The van der Waals surface area contributed by atoms with Crippen molar-refractivity contribution in [1.82, 2.24) is 20.0 Å². The van der Waals surface area contributed by atoms with Crippen molar-refractivity contribution in [3.05, 3.63) is 75.2 Å². The average molecular weight is 647 g/mol. The lowest BCUT2D eigenvalue weighted by Gasteiger charge is -2.25. The second kappa shape index (κ2) is 17.6. The van der Waals surface area contributed by atoms with Gasteiger partial charge in [-0.2, -0.15) is 5.10 Å². The number of benzene rings is 2. The Bertz CT molecular complexity index is 1480. The lowest BCUT2D eigenvalue weighted by Crippen LogP contribution is -2.41. The Labute approximate surface area is 265 Å². The van der Waals surface area contributed by atoms with Gasteiger partial charge in [-0.3, -0.25) is 14.5 Å². The van der Waals surface area contributed by atoms with E-state index in [0.29, 0.717) is 42.9 Å². The highest BCUT2D eigenvalue weighted by Gasteiger charge is 2.29. The van der Waals surface area contributed by atoms with E-state index in [1.165, 1.54) is 0 Å². The summed E-state index contributed by atoms with van der Waals surface area (Å²) in [5.74, 6) is -3.48. The monoisotopic (exact) mass is 646 g/mol. The molecule has 3 aromatic rings. The molecule has 1 amide bonds. The van der Waals surface area contributed by atoms with Crippen LogP contribution >= 0.6 is 11.6 Å². The molecule has 45 heavy (non-hydrogen) atoms. The lowest BCUT2D eigenvalue weighted by molar-refractivity contribution is -0.165. The molecule has 0 bridgehead atoms. The molecule has 0 aliphatic carbocycles. The third kappa shape index (κ3) is 10.6. The molecule has 14 heteroatoms. The maximum absolute atomic E-state index is 13.3. The van der Waals surface area contributed by atoms with Crippen molar-refractivity contribution in [2.24, 2.45) is 0 Å². The van der Waals surface area contributed by atoms with Crippen LogP contribution in [-0.2, 0) is 32.1 Å². The van der Waals surface area contributed by atoms with E-state index in [0.717, 1.165) is 49.0 Å². The highest BCUT2D eigenvalue weighted by Crippen LogP contribution is 2.21. The van der Waals surface area contributed by atoms with Gasteiger partial charge in [-0.15, -0.1) is 0 Å². The summed E-state index contributed by atoms with van der Waals surface area (Å²) in [6.45, 7) is 3.46. The minimum Gasteiger partial charge on any atom is -0.479 e. The number of aliphatic hydroxyl groups excluding tert-OH is 2. The largest absolute Gasteiger partial charge is 0.479 e. The molecule has 4 rings (SSSR count). The Morgan fingerprint density at radius 1 is 1.04 bits per heavy atom. The molecule has 1 aliphatic rings. The number of carboxylic acids is 2. The van der Waals surface area contributed by atoms with Crippen LogP contribution < -0.4 is 10.9 Å². The Morgan fingerprint density at radius 3 is 2.31 bits per heavy atom. The van der Waals surface area contributed by atoms with E-state index in [9.17, 15) is 19.2 Å². The zero-order chi connectivity index (χ0) is 32.9. The van der Waals surface area contributed by atoms with Crippen LogP contribution in [0.1, 0.15) is 36.9 Å². The van der Waals surface area contributed by atoms with Gasteiger partial charge in [-0.25, -0.2) is 14.3 Å². The van der Waals surface area contributed by atoms with Crippen molar-refractivity contribution in [1.29, 1.82) is 0 Å². The summed E-state index contributed by atoms with van der Waals surface area (Å²) < 4.78 is 6.64. The van der Waals surface area contributed by atoms with Gasteiger partial charge in [0.2, 0.25) is 5.91 Å². The molecule has 1 aromatic heterocycles. The van der Waals surface area contributed by atoms with Crippen molar-refractivity contribution >= 4 is 40.2 Å². The fourth-order valence-electron chi connectivity index (χ4n) is 5.03. The number of halogens is 1. The standard InChI is InChI=1S/C27H33ClN4O3.C4H6O6/c1-35-17-5-9-26(33)29-14-16-31-15-4-6-22(31)19-32-27(34)24-8-3-2-7-23(24)25(30-32)18-20-10-12-21(28)13-11-20;5-1(3(7)8)2(6)4(9)10/h2-3,7-8,10-13,22H,4-6,9,14-19H2,1H3,(H,29,33);1-2,5-6H,(H,7,8)(H,9,10)/t22-;1-,2-/m11/s1. The molecular formula is C31H39ClN4O9. The third-order valence-electron chi connectivity index (χ3n) is 7.39. The van der Waals surface area contributed by atoms with Crippen LogP contribution in [-0.4, -0.2) is 105 Å². The third-order valence-corrected chi connectivity index (χ3v) is 7.64. The predicted molar refractivity (Wildman–Crippen MR) is 166 cm³/mol. The molecule has 13 nitrogen and oxygen atoms in total. The van der Waals surface area contributed by atoms with E-state index >= 15 is 0 Å². The van der Waals surface area contributed by atoms with E-state index in [1.54, 1.807) is 11.8 Å². The predicted octanol–water partition coefficient (Wildman–Crippen LogP) is 1.53. The van der Waals surface area contributed by atoms with Crippen molar-refractivity contribution in [3.8, 4) is 0 Å². The Balaban J connectivity index is 0.000000477. The fraction of sp³-hybridized carbons (Fsp3) is 0.452. The molecule has 1 saturated heterocycles. The van der Waals surface area contributed by atoms with E-state index in [2.05, 4.69) is 10.2 Å². The molecule has 1 aliphatic heterocycles. The molecule has 0 saturated carbocycles. The number of aliphatic carboxylic acids is 2. The first-order valence-electron chi connectivity index (χ1n) is 14.6. The van der Waals surface area contributed by atoms with Crippen LogP contribution in [0.4, 0.5) is 0 Å². The van der Waals surface area contributed by atoms with E-state index in [1.807, 2.05) is 48.5 Å². The summed E-state index contributed by atoms with van der Waals surface area (Å²) in [6, 6.07) is 15.7. The van der Waals surface area contributed by atoms with Gasteiger partial charge in [0.15, 0.2) is 12.2 Å². The van der Waals surface area contributed by atoms with Crippen molar-refractivity contribution < 1.29 is 39.5 Å². The molecular weight excluding hydrogens is 608 g/mol. The highest BCUT2D eigenvalue weighted by molar-refractivity contribution is 6.30. The van der Waals surface area contributed by atoms with Gasteiger partial charge in [-0.05, 0) is 49.6 Å². The first kappa shape index (κ1) is 35.6. The van der Waals surface area contributed by atoms with Gasteiger partial charge in [0.25, 0.3) is 5.56 Å². The quantitative estimate of drug-likeness (QED) is 0.160. The SMILES string of the molecule is COCCCC(=O)NCCN1CCC[C@@H]1Cn1nc(Cc2ccc(Cl)cc2)c2ccccc2c1=O.O=C(O)[C@H](O)[C@@H](O)C(=O)O. The number of hydrogen-bond acceptors (Lipinski definition) is 9. The Morgan fingerprint density at radius 2 is 1.69 bits per heavy atom. The van der Waals surface area contributed by atoms with Gasteiger partial charge in [-0.1, -0.05) is 41.9 Å². The number of ether oxygens (including phenoxy) is 1. The van der Waals surface area contributed by atoms with Gasteiger partial charge in [0, 0.05) is 56.1 Å². The highest BCUT2D eigenvalue weighted by atomic mass is 35.5. The average Bonchev–Trinajstić information content (AvgIpc) is 3.46. The van der Waals surface area contributed by atoms with Crippen LogP contribution in [0, 0.1) is 0 Å². The second-order valence-electron chi connectivity index (χ2n) is 10.6. The number of carbonyl (C=O) groups is 3. The number of likely N-dealkylation sites (tertiary alicyclic amines) is 1. The van der Waals surface area contributed by atoms with Crippen LogP contribution in [0.15, 0.2) is 53.3 Å². The topological polar surface area (TPSA) is 192 Å². The summed E-state index contributed by atoms with van der Waals surface area (Å²) in [5, 5.41) is 42.6. The van der Waals surface area contributed by atoms with Gasteiger partial charge >= 0.3 is 11.9 Å². The van der Waals surface area contributed by atoms with Gasteiger partial charge < -0.3 is 30.5 Å². The molecule has 2 aromatic carbocycles. The molecule has 0 radical (unpaired) electrons. The summed E-state index contributed by atoms with van der Waals surface area (Å²) >= 11 is 6.05. The molecule has 1 fully saturated rings. The van der Waals surface area contributed by atoms with Crippen LogP contribution in [0.2, 0.25) is 5.02 Å². The Kier molecular flexibility index (Phi) is 13.9. The van der Waals surface area contributed by atoms with Crippen molar-refractivity contribution in [2.45, 2.75) is 56.9 Å². The number of rotatable bonds is 14. The summed E-state index contributed by atoms with van der Waals surface area (Å²) in [4.78, 5) is 47.2. The number of aliphatic hydroxyl groups is 2. The van der Waals surface area contributed by atoms with Gasteiger partial charge in [0.1, 0.15) is 0 Å². The Hall–Kier alpha value is -3.88. The number of aromatic nitrogens is 2. The number of amides is 1. The molecule has 0 unspecified atom stereocenters. The summed E-state index contributed by atoms with van der Waals surface area (Å²) in [6.07, 6.45) is -0.619. The molecule has 0 spiro atoms. The first-order chi connectivity index (χ1) is 21.5. The molecule has 244 valence electrons. The van der Waals surface area contributed by atoms with E-state index in [4.69, 9.17) is 41.9 Å². The lowest BCUT2D eigenvalue weighted by atomic mass is 10.0. The van der Waals surface area contributed by atoms with Crippen molar-refractivity contribution in [3.63, 3.8) is 0 Å². The first-order valence-corrected chi connectivity index (χ1v) is 14.9. The van der Waals surface area contributed by atoms with Crippen LogP contribution in [0.3, 0.4) is 0 Å². The fourth-order valence-corrected chi connectivity index (χ4v) is 5.15. The number of nitrogens with zero attached hydrogens (tertiary/aromatic N) is 3. The molecule has 5 N–H and O–H groups in total. The van der Waals surface area contributed by atoms with E-state index < -0.39 is 24.1 Å². The molecule has 2 heterocycles. The minimum absolute atomic E-state index is 0.0528. The smallest absolute Gasteiger partial charge is 0.335 e. The number of nitrogens with one attached hydrogen (secondary N) is 1. The minimum atomic E-state index is -2.27. The molecule has 3 atom stereocenters.